The summed E-state index contributed by atoms with van der Waals surface area (Å²) in [5.41, 5.74) is 3.27. The Balaban J connectivity index is 2.50. The number of aromatic carboxylic acids is 1. The molecule has 0 bridgehead atoms. The van der Waals surface area contributed by atoms with Gasteiger partial charge in [-0.15, -0.1) is 0 Å². The lowest BCUT2D eigenvalue weighted by molar-refractivity contribution is 0.0697. The van der Waals surface area contributed by atoms with Crippen LogP contribution in [0.2, 0.25) is 0 Å². The van der Waals surface area contributed by atoms with Crippen molar-refractivity contribution in [2.24, 2.45) is 0 Å². The lowest BCUT2D eigenvalue weighted by Gasteiger charge is -2.04. The van der Waals surface area contributed by atoms with E-state index in [1.165, 1.54) is 5.56 Å². The van der Waals surface area contributed by atoms with E-state index in [4.69, 9.17) is 5.11 Å². The molecule has 1 N–H and O–H groups in total. The first-order valence-corrected chi connectivity index (χ1v) is 5.39. The molecule has 3 heteroatoms. The largest absolute Gasteiger partial charge is 0.478 e. The number of hydrogen-bond acceptors (Lipinski definition) is 1. The Morgan fingerprint density at radius 3 is 2.92 bits per heavy atom. The van der Waals surface area contributed by atoms with Crippen LogP contribution in [-0.2, 0) is 0 Å². The minimum absolute atomic E-state index is 0.374. The zero-order valence-corrected chi connectivity index (χ0v) is 9.32. The molecule has 0 aromatic heterocycles. The molecule has 0 radical (unpaired) electrons. The van der Waals surface area contributed by atoms with E-state index < -0.39 is 5.97 Å². The van der Waals surface area contributed by atoms with E-state index in [-0.39, 0.29) is 0 Å². The maximum Gasteiger partial charge on any atom is 0.335 e. The predicted octanol–water partition coefficient (Wildman–Crippen LogP) is 0.818. The Bertz CT molecular complexity index is 396. The van der Waals surface area contributed by atoms with Crippen molar-refractivity contribution in [1.29, 1.82) is 0 Å². The first-order chi connectivity index (χ1) is 6.18. The van der Waals surface area contributed by atoms with Gasteiger partial charge < -0.3 is 5.11 Å². The molecule has 1 aromatic carbocycles. The van der Waals surface area contributed by atoms with Crippen LogP contribution in [-0.4, -0.2) is 21.3 Å². The van der Waals surface area contributed by atoms with Crippen LogP contribution in [0.3, 0.4) is 0 Å². The summed E-state index contributed by atoms with van der Waals surface area (Å²) in [5, 5.41) is 8.77. The maximum atomic E-state index is 10.7. The third-order valence-electron chi connectivity index (χ3n) is 2.39. The van der Waals surface area contributed by atoms with E-state index in [2.05, 4.69) is 6.08 Å². The first-order valence-electron chi connectivity index (χ1n) is 4.24. The molecule has 66 valence electrons. The summed E-state index contributed by atoms with van der Waals surface area (Å²) in [6, 6.07) is 5.35. The van der Waals surface area contributed by atoms with Crippen molar-refractivity contribution < 1.29 is 9.90 Å². The number of carboxylic acids is 1. The zero-order valence-electron chi connectivity index (χ0n) is 7.32. The van der Waals surface area contributed by atoms with Gasteiger partial charge in [-0.05, 0) is 28.8 Å². The Morgan fingerprint density at radius 2 is 2.23 bits per heavy atom. The second kappa shape index (κ2) is 2.85. The number of allylic oxidation sites excluding steroid dienone is 1. The molecule has 1 unspecified atom stereocenters. The normalized spacial score (nSPS) is 18.9. The molecule has 0 heterocycles. The second-order valence-corrected chi connectivity index (χ2v) is 4.54. The van der Waals surface area contributed by atoms with Crippen molar-refractivity contribution in [3.05, 3.63) is 41.0 Å². The topological polar surface area (TPSA) is 37.3 Å². The fourth-order valence-electron chi connectivity index (χ4n) is 1.62. The quantitative estimate of drug-likeness (QED) is 0.666. The van der Waals surface area contributed by atoms with E-state index in [1.54, 1.807) is 12.1 Å². The molecule has 2 nitrogen and oxygen atoms in total. The number of rotatable bonds is 1. The van der Waals surface area contributed by atoms with Gasteiger partial charge in [0, 0.05) is 10.2 Å². The third-order valence-corrected chi connectivity index (χ3v) is 3.40. The van der Waals surface area contributed by atoms with Gasteiger partial charge in [-0.2, -0.15) is 0 Å². The van der Waals surface area contributed by atoms with Crippen LogP contribution < -0.4 is 0 Å². The summed E-state index contributed by atoms with van der Waals surface area (Å²) in [6.07, 6.45) is 4.15. The Hall–Kier alpha value is -1.35. The van der Waals surface area contributed by atoms with E-state index in [0.717, 1.165) is 15.8 Å². The van der Waals surface area contributed by atoms with Gasteiger partial charge in [0.15, 0.2) is 0 Å². The van der Waals surface area contributed by atoms with Gasteiger partial charge in [0.1, 0.15) is 0 Å². The molecule has 0 amide bonds. The molecule has 2 rings (SSSR count). The lowest BCUT2D eigenvalue weighted by atomic mass is 10.1. The van der Waals surface area contributed by atoms with Gasteiger partial charge in [-0.3, -0.25) is 0 Å². The molecule has 0 aliphatic heterocycles. The third kappa shape index (κ3) is 1.31. The minimum Gasteiger partial charge on any atom is -0.478 e. The molecule has 0 saturated heterocycles. The predicted molar refractivity (Wildman–Crippen MR) is 55.1 cm³/mol. The van der Waals surface area contributed by atoms with Crippen molar-refractivity contribution in [3.63, 3.8) is 0 Å². The lowest BCUT2D eigenvalue weighted by Crippen LogP contribution is -1.98. The van der Waals surface area contributed by atoms with Crippen molar-refractivity contribution in [2.75, 3.05) is 0 Å². The highest BCUT2D eigenvalue weighted by atomic mass is 28.1. The molecule has 13 heavy (non-hydrogen) atoms. The van der Waals surface area contributed by atoms with Gasteiger partial charge in [-0.1, -0.05) is 18.2 Å². The number of carbonyl (C=O) groups is 1. The van der Waals surface area contributed by atoms with Crippen LogP contribution in [0.5, 0.6) is 0 Å². The summed E-state index contributed by atoms with van der Waals surface area (Å²) in [4.78, 5) is 10.7. The number of hydrogen-bond donors (Lipinski definition) is 1. The molecule has 1 aliphatic rings. The molecule has 0 saturated carbocycles. The van der Waals surface area contributed by atoms with Crippen molar-refractivity contribution >= 4 is 22.3 Å². The monoisotopic (exact) mass is 190 g/mol. The Morgan fingerprint density at radius 1 is 1.46 bits per heavy atom. The van der Waals surface area contributed by atoms with Crippen LogP contribution in [0.1, 0.15) is 27.0 Å². The molecule has 0 fully saturated rings. The van der Waals surface area contributed by atoms with Crippen LogP contribution in [0, 0.1) is 0 Å². The highest BCUT2D eigenvalue weighted by Gasteiger charge is 2.14. The molecular formula is C10H10O2Si. The Kier molecular flexibility index (Phi) is 1.81. The molecular weight excluding hydrogens is 180 g/mol. The summed E-state index contributed by atoms with van der Waals surface area (Å²) in [5.74, 6) is -0.854. The molecule has 1 aliphatic carbocycles. The molecule has 0 spiro atoms. The maximum absolute atomic E-state index is 10.7. The van der Waals surface area contributed by atoms with Crippen LogP contribution in [0.25, 0.3) is 6.08 Å². The van der Waals surface area contributed by atoms with E-state index in [0.29, 0.717) is 11.1 Å². The van der Waals surface area contributed by atoms with Crippen molar-refractivity contribution in [1.82, 2.24) is 0 Å². The Labute approximate surface area is 79.3 Å². The van der Waals surface area contributed by atoms with Gasteiger partial charge in [0.25, 0.3) is 0 Å². The summed E-state index contributed by atoms with van der Waals surface area (Å²) < 4.78 is 0. The smallest absolute Gasteiger partial charge is 0.335 e. The standard InChI is InChI=1S/C10H10O2Si/c11-10(12)7-1-3-8-6(5-7)2-4-9(8)13/h1-5,9H,13H3,(H,11,12). The minimum atomic E-state index is -0.854. The van der Waals surface area contributed by atoms with E-state index in [1.807, 2.05) is 12.1 Å². The van der Waals surface area contributed by atoms with E-state index >= 15 is 0 Å². The van der Waals surface area contributed by atoms with Crippen molar-refractivity contribution in [2.45, 2.75) is 5.54 Å². The molecule has 1 aromatic rings. The van der Waals surface area contributed by atoms with Crippen LogP contribution in [0.4, 0.5) is 0 Å². The van der Waals surface area contributed by atoms with Gasteiger partial charge >= 0.3 is 5.97 Å². The van der Waals surface area contributed by atoms with Gasteiger partial charge in [0.2, 0.25) is 0 Å². The summed E-state index contributed by atoms with van der Waals surface area (Å²) in [7, 11) is 1.09. The SMILES string of the molecule is O=C(O)c1ccc2c(c1)C=CC2[SiH3]. The number of benzene rings is 1. The fraction of sp³-hybridized carbons (Fsp3) is 0.100. The highest BCUT2D eigenvalue weighted by molar-refractivity contribution is 6.15. The zero-order chi connectivity index (χ0) is 9.42. The van der Waals surface area contributed by atoms with E-state index in [9.17, 15) is 4.79 Å². The van der Waals surface area contributed by atoms with Gasteiger partial charge in [0.05, 0.1) is 5.56 Å². The molecule has 1 atom stereocenters. The highest BCUT2D eigenvalue weighted by Crippen LogP contribution is 2.28. The van der Waals surface area contributed by atoms with Gasteiger partial charge in [-0.25, -0.2) is 4.79 Å². The number of fused-ring (bicyclic) bond motifs is 1. The van der Waals surface area contributed by atoms with Crippen LogP contribution >= 0.6 is 0 Å². The average molecular weight is 190 g/mol. The average Bonchev–Trinajstić information content (AvgIpc) is 2.47. The second-order valence-electron chi connectivity index (χ2n) is 3.30. The summed E-state index contributed by atoms with van der Waals surface area (Å²) in [6.45, 7) is 0. The number of carboxylic acid groups (broad SMARTS) is 1. The fourth-order valence-corrected chi connectivity index (χ4v) is 2.34. The van der Waals surface area contributed by atoms with Crippen LogP contribution in [0.15, 0.2) is 24.3 Å². The summed E-state index contributed by atoms with van der Waals surface area (Å²) >= 11 is 0. The van der Waals surface area contributed by atoms with Crippen molar-refractivity contribution in [3.8, 4) is 0 Å². The first kappa shape index (κ1) is 8.25.